The minimum absolute atomic E-state index is 0.0629. The average Bonchev–Trinajstić information content (AvgIpc) is 2.72. The minimum Gasteiger partial charge on any atom is -0.495 e. The molecule has 1 atom stereocenters. The van der Waals surface area contributed by atoms with Crippen LogP contribution in [0.4, 0.5) is 10.1 Å². The van der Waals surface area contributed by atoms with Gasteiger partial charge in [-0.1, -0.05) is 44.2 Å². The summed E-state index contributed by atoms with van der Waals surface area (Å²) < 4.78 is 20.3. The summed E-state index contributed by atoms with van der Waals surface area (Å²) in [6, 6.07) is 13.4. The summed E-state index contributed by atoms with van der Waals surface area (Å²) in [5.74, 6) is -1.19. The third kappa shape index (κ3) is 3.93. The Morgan fingerprint density at radius 3 is 2.53 bits per heavy atom. The molecule has 0 unspecified atom stereocenters. The molecule has 0 saturated heterocycles. The van der Waals surface area contributed by atoms with E-state index >= 15 is 0 Å². The summed E-state index contributed by atoms with van der Waals surface area (Å²) in [5, 5.41) is 6.18. The Morgan fingerprint density at radius 2 is 1.81 bits per heavy atom. The van der Waals surface area contributed by atoms with E-state index in [4.69, 9.17) is 4.74 Å². The van der Waals surface area contributed by atoms with Crippen molar-refractivity contribution in [2.75, 3.05) is 12.4 Å². The molecule has 2 aliphatic rings. The average molecular weight is 435 g/mol. The van der Waals surface area contributed by atoms with Crippen molar-refractivity contribution in [1.82, 2.24) is 5.32 Å². The van der Waals surface area contributed by atoms with Gasteiger partial charge in [-0.05, 0) is 37.0 Å². The zero-order valence-corrected chi connectivity index (χ0v) is 18.7. The lowest BCUT2D eigenvalue weighted by Gasteiger charge is -2.39. The second-order valence-corrected chi connectivity index (χ2v) is 9.11. The zero-order chi connectivity index (χ0) is 23.0. The van der Waals surface area contributed by atoms with E-state index in [0.29, 0.717) is 46.7 Å². The van der Waals surface area contributed by atoms with E-state index in [1.54, 1.807) is 43.3 Å². The Balaban J connectivity index is 1.83. The number of para-hydroxylation sites is 2. The first-order chi connectivity index (χ1) is 15.2. The standard InChI is InChI=1S/C26H27FN2O3/c1-15-22(25(31)29-18-11-7-8-12-21(18)32-4)23(16-9-5-6-10-17(16)27)24-19(28-15)13-26(2,3)14-20(24)30/h5-12,23,28H,13-14H2,1-4H3,(H,29,31)/t23-/m1/s1. The van der Waals surface area contributed by atoms with Crippen molar-refractivity contribution < 1.29 is 18.7 Å². The van der Waals surface area contributed by atoms with Gasteiger partial charge in [0.1, 0.15) is 11.6 Å². The van der Waals surface area contributed by atoms with Crippen LogP contribution in [-0.4, -0.2) is 18.8 Å². The molecule has 1 aliphatic heterocycles. The van der Waals surface area contributed by atoms with Gasteiger partial charge in [0.15, 0.2) is 5.78 Å². The van der Waals surface area contributed by atoms with Crippen LogP contribution in [0.25, 0.3) is 0 Å². The Morgan fingerprint density at radius 1 is 1.12 bits per heavy atom. The van der Waals surface area contributed by atoms with Crippen LogP contribution in [0.2, 0.25) is 0 Å². The van der Waals surface area contributed by atoms with E-state index in [2.05, 4.69) is 10.6 Å². The highest BCUT2D eigenvalue weighted by molar-refractivity contribution is 6.10. The molecule has 0 saturated carbocycles. The second-order valence-electron chi connectivity index (χ2n) is 9.11. The first kappa shape index (κ1) is 21.8. The number of ether oxygens (including phenoxy) is 1. The highest BCUT2D eigenvalue weighted by Crippen LogP contribution is 2.47. The number of allylic oxidation sites excluding steroid dienone is 3. The Hall–Kier alpha value is -3.41. The molecule has 2 aromatic rings. The third-order valence-electron chi connectivity index (χ3n) is 6.06. The molecule has 2 N–H and O–H groups in total. The number of dihydropyridines is 1. The molecule has 0 bridgehead atoms. The largest absolute Gasteiger partial charge is 0.495 e. The number of amides is 1. The number of carbonyl (C=O) groups excluding carboxylic acids is 2. The van der Waals surface area contributed by atoms with E-state index in [9.17, 15) is 14.0 Å². The molecular weight excluding hydrogens is 407 g/mol. The maximum absolute atomic E-state index is 15.0. The predicted molar refractivity (Wildman–Crippen MR) is 122 cm³/mol. The van der Waals surface area contributed by atoms with Crippen molar-refractivity contribution >= 4 is 17.4 Å². The van der Waals surface area contributed by atoms with Crippen molar-refractivity contribution in [3.05, 3.63) is 82.5 Å². The lowest BCUT2D eigenvalue weighted by atomic mass is 9.68. The van der Waals surface area contributed by atoms with E-state index in [1.807, 2.05) is 19.9 Å². The minimum atomic E-state index is -0.786. The van der Waals surface area contributed by atoms with Crippen LogP contribution in [-0.2, 0) is 9.59 Å². The number of halogens is 1. The number of hydrogen-bond donors (Lipinski definition) is 2. The summed E-state index contributed by atoms with van der Waals surface area (Å²) >= 11 is 0. The highest BCUT2D eigenvalue weighted by Gasteiger charge is 2.43. The van der Waals surface area contributed by atoms with Gasteiger partial charge < -0.3 is 15.4 Å². The summed E-state index contributed by atoms with van der Waals surface area (Å²) in [5.41, 5.74) is 2.79. The van der Waals surface area contributed by atoms with Gasteiger partial charge in [-0.25, -0.2) is 4.39 Å². The van der Waals surface area contributed by atoms with Gasteiger partial charge >= 0.3 is 0 Å². The van der Waals surface area contributed by atoms with Crippen molar-refractivity contribution in [1.29, 1.82) is 0 Å². The Kier molecular flexibility index (Phi) is 5.63. The van der Waals surface area contributed by atoms with Crippen LogP contribution in [0.1, 0.15) is 45.1 Å². The summed E-state index contributed by atoms with van der Waals surface area (Å²) in [6.45, 7) is 5.87. The maximum atomic E-state index is 15.0. The molecule has 32 heavy (non-hydrogen) atoms. The van der Waals surface area contributed by atoms with Crippen LogP contribution in [0.5, 0.6) is 5.75 Å². The van der Waals surface area contributed by atoms with Crippen LogP contribution < -0.4 is 15.4 Å². The molecule has 0 radical (unpaired) electrons. The molecule has 0 spiro atoms. The lowest BCUT2D eigenvalue weighted by molar-refractivity contribution is -0.118. The smallest absolute Gasteiger partial charge is 0.254 e. The highest BCUT2D eigenvalue weighted by atomic mass is 19.1. The molecular formula is C26H27FN2O3. The normalized spacial score (nSPS) is 19.9. The zero-order valence-electron chi connectivity index (χ0n) is 18.7. The number of rotatable bonds is 4. The molecule has 166 valence electrons. The number of methoxy groups -OCH3 is 1. The van der Waals surface area contributed by atoms with E-state index in [1.165, 1.54) is 13.2 Å². The number of Topliss-reactive ketones (excluding diaryl/α,β-unsaturated/α-hetero) is 1. The Labute approximate surface area is 187 Å². The molecule has 0 fully saturated rings. The van der Waals surface area contributed by atoms with Crippen LogP contribution in [0, 0.1) is 11.2 Å². The number of benzene rings is 2. The third-order valence-corrected chi connectivity index (χ3v) is 6.06. The number of anilines is 1. The van der Waals surface area contributed by atoms with E-state index in [-0.39, 0.29) is 11.2 Å². The van der Waals surface area contributed by atoms with Gasteiger partial charge in [-0.3, -0.25) is 9.59 Å². The number of carbonyl (C=O) groups is 2. The number of nitrogens with one attached hydrogen (secondary N) is 2. The fraction of sp³-hybridized carbons (Fsp3) is 0.308. The van der Waals surface area contributed by atoms with Crippen molar-refractivity contribution in [2.45, 2.75) is 39.5 Å². The Bertz CT molecular complexity index is 1160. The van der Waals surface area contributed by atoms with Crippen LogP contribution >= 0.6 is 0 Å². The number of hydrogen-bond acceptors (Lipinski definition) is 4. The maximum Gasteiger partial charge on any atom is 0.254 e. The van der Waals surface area contributed by atoms with Gasteiger partial charge in [0.25, 0.3) is 5.91 Å². The molecule has 5 nitrogen and oxygen atoms in total. The van der Waals surface area contributed by atoms with Crippen molar-refractivity contribution in [3.8, 4) is 5.75 Å². The number of ketones is 1. The molecule has 4 rings (SSSR count). The van der Waals surface area contributed by atoms with Crippen molar-refractivity contribution in [2.24, 2.45) is 5.41 Å². The molecule has 1 amide bonds. The molecule has 0 aromatic heterocycles. The van der Waals surface area contributed by atoms with Gasteiger partial charge in [0.05, 0.1) is 12.8 Å². The summed E-state index contributed by atoms with van der Waals surface area (Å²) in [6.07, 6.45) is 0.997. The fourth-order valence-electron chi connectivity index (χ4n) is 4.69. The first-order valence-corrected chi connectivity index (χ1v) is 10.6. The molecule has 6 heteroatoms. The SMILES string of the molecule is COc1ccccc1NC(=O)C1=C(C)NC2=C(C(=O)CC(C)(C)C2)[C@@H]1c1ccccc1F. The van der Waals surface area contributed by atoms with Gasteiger partial charge in [0.2, 0.25) is 0 Å². The molecule has 2 aromatic carbocycles. The van der Waals surface area contributed by atoms with E-state index in [0.717, 1.165) is 5.70 Å². The quantitative estimate of drug-likeness (QED) is 0.705. The molecule has 1 heterocycles. The molecule has 1 aliphatic carbocycles. The van der Waals surface area contributed by atoms with Gasteiger partial charge in [-0.2, -0.15) is 0 Å². The monoisotopic (exact) mass is 434 g/mol. The fourth-order valence-corrected chi connectivity index (χ4v) is 4.69. The second kappa shape index (κ2) is 8.26. The van der Waals surface area contributed by atoms with Crippen LogP contribution in [0.15, 0.2) is 71.1 Å². The predicted octanol–water partition coefficient (Wildman–Crippen LogP) is 5.08. The topological polar surface area (TPSA) is 67.4 Å². The van der Waals surface area contributed by atoms with Crippen molar-refractivity contribution in [3.63, 3.8) is 0 Å². The lowest BCUT2D eigenvalue weighted by Crippen LogP contribution is -2.39. The van der Waals surface area contributed by atoms with Gasteiger partial charge in [0, 0.05) is 40.4 Å². The first-order valence-electron chi connectivity index (χ1n) is 10.6. The van der Waals surface area contributed by atoms with E-state index < -0.39 is 17.6 Å². The summed E-state index contributed by atoms with van der Waals surface area (Å²) in [4.78, 5) is 26.8. The van der Waals surface area contributed by atoms with Crippen LogP contribution in [0.3, 0.4) is 0 Å². The summed E-state index contributed by atoms with van der Waals surface area (Å²) in [7, 11) is 1.53. The van der Waals surface area contributed by atoms with Gasteiger partial charge in [-0.15, -0.1) is 0 Å².